The molecule has 3 aromatic rings. The van der Waals surface area contributed by atoms with E-state index in [9.17, 15) is 26.4 Å². The Hall–Kier alpha value is -3.50. The summed E-state index contributed by atoms with van der Waals surface area (Å²) in [6.45, 7) is 0.184. The van der Waals surface area contributed by atoms with E-state index in [2.05, 4.69) is 15.1 Å². The van der Waals surface area contributed by atoms with Gasteiger partial charge in [0.1, 0.15) is 5.71 Å². The van der Waals surface area contributed by atoms with Gasteiger partial charge in [-0.05, 0) is 25.0 Å². The van der Waals surface area contributed by atoms with Crippen molar-refractivity contribution in [1.82, 2.24) is 19.9 Å². The van der Waals surface area contributed by atoms with Crippen LogP contribution >= 0.6 is 22.9 Å². The van der Waals surface area contributed by atoms with Crippen LogP contribution in [-0.4, -0.2) is 65.8 Å². The normalized spacial score (nSPS) is 18.0. The van der Waals surface area contributed by atoms with Crippen LogP contribution in [0.5, 0.6) is 11.6 Å². The molecule has 1 unspecified atom stereocenters. The summed E-state index contributed by atoms with van der Waals surface area (Å²) in [6.07, 6.45) is -1.00. The number of halogens is 4. The third-order valence-corrected chi connectivity index (χ3v) is 8.34. The Labute approximate surface area is 247 Å². The third-order valence-electron chi connectivity index (χ3n) is 6.52. The molecule has 4 heterocycles. The van der Waals surface area contributed by atoms with E-state index < -0.39 is 46.5 Å². The number of benzene rings is 1. The van der Waals surface area contributed by atoms with Crippen LogP contribution in [0.1, 0.15) is 53.2 Å². The minimum atomic E-state index is -4.75. The van der Waals surface area contributed by atoms with Crippen molar-refractivity contribution in [2.45, 2.75) is 37.5 Å². The number of piperidine rings is 1. The van der Waals surface area contributed by atoms with Crippen molar-refractivity contribution >= 4 is 44.7 Å². The molecule has 5 rings (SSSR count). The largest absolute Gasteiger partial charge is 0.466 e. The van der Waals surface area contributed by atoms with Gasteiger partial charge in [0.15, 0.2) is 18.5 Å². The van der Waals surface area contributed by atoms with Crippen LogP contribution in [0.15, 0.2) is 41.1 Å². The predicted molar refractivity (Wildman–Crippen MR) is 145 cm³/mol. The molecular weight excluding hydrogens is 623 g/mol. The first kappa shape index (κ1) is 30.0. The zero-order chi connectivity index (χ0) is 30.1. The van der Waals surface area contributed by atoms with E-state index in [0.29, 0.717) is 49.3 Å². The molecule has 0 radical (unpaired) electrons. The van der Waals surface area contributed by atoms with Crippen molar-refractivity contribution in [3.05, 3.63) is 63.0 Å². The second-order valence-corrected chi connectivity index (χ2v) is 12.4. The fraction of sp³-hybridized carbons (Fsp3) is 0.400. The summed E-state index contributed by atoms with van der Waals surface area (Å²) in [5.41, 5.74) is 0.272. The van der Waals surface area contributed by atoms with Crippen LogP contribution in [0.4, 0.5) is 13.2 Å². The molecule has 1 fully saturated rings. The van der Waals surface area contributed by atoms with Crippen molar-refractivity contribution < 1.29 is 40.1 Å². The van der Waals surface area contributed by atoms with Gasteiger partial charge >= 0.3 is 16.3 Å². The highest BCUT2D eigenvalue weighted by atomic mass is 35.5. The Morgan fingerprint density at radius 2 is 1.95 bits per heavy atom. The minimum Gasteiger partial charge on any atom is -0.466 e. The summed E-state index contributed by atoms with van der Waals surface area (Å²) < 4.78 is 72.8. The average molecular weight is 646 g/mol. The number of likely N-dealkylation sites (tertiary alicyclic amines) is 1. The molecule has 1 amide bonds. The van der Waals surface area contributed by atoms with E-state index in [1.54, 1.807) is 12.1 Å². The van der Waals surface area contributed by atoms with Crippen molar-refractivity contribution in [3.8, 4) is 11.6 Å². The highest BCUT2D eigenvalue weighted by Gasteiger charge is 2.38. The Balaban J connectivity index is 1.16. The van der Waals surface area contributed by atoms with E-state index in [4.69, 9.17) is 30.3 Å². The average Bonchev–Trinajstić information content (AvgIpc) is 3.61. The number of thiazole rings is 1. The van der Waals surface area contributed by atoms with Crippen molar-refractivity contribution in [2.75, 3.05) is 26.0 Å². The number of amides is 1. The molecular formula is C25H23ClF3N5O6S2. The number of nitrogens with zero attached hydrogens (tertiary/aromatic N) is 5. The highest BCUT2D eigenvalue weighted by Crippen LogP contribution is 2.40. The van der Waals surface area contributed by atoms with Gasteiger partial charge in [-0.15, -0.1) is 11.3 Å². The van der Waals surface area contributed by atoms with Gasteiger partial charge in [-0.2, -0.15) is 21.6 Å². The Bertz CT molecular complexity index is 1610. The van der Waals surface area contributed by atoms with Gasteiger partial charge < -0.3 is 18.7 Å². The van der Waals surface area contributed by atoms with E-state index in [1.807, 2.05) is 5.38 Å². The van der Waals surface area contributed by atoms with Gasteiger partial charge in [0.25, 0.3) is 5.91 Å². The lowest BCUT2D eigenvalue weighted by Gasteiger charge is -2.31. The predicted octanol–water partition coefficient (Wildman–Crippen LogP) is 4.59. The van der Waals surface area contributed by atoms with Gasteiger partial charge in [0.2, 0.25) is 11.6 Å². The maximum absolute atomic E-state index is 13.1. The Morgan fingerprint density at radius 3 is 2.67 bits per heavy atom. The van der Waals surface area contributed by atoms with Crippen LogP contribution in [0.25, 0.3) is 0 Å². The number of oxime groups is 1. The summed E-state index contributed by atoms with van der Waals surface area (Å²) in [4.78, 5) is 31.3. The Kier molecular flexibility index (Phi) is 8.57. The molecule has 0 N–H and O–H groups in total. The summed E-state index contributed by atoms with van der Waals surface area (Å²) in [5, 5.41) is 7.14. The molecule has 1 aromatic carbocycles. The fourth-order valence-corrected chi connectivity index (χ4v) is 6.34. The molecule has 0 spiro atoms. The first-order valence-electron chi connectivity index (χ1n) is 12.5. The van der Waals surface area contributed by atoms with Gasteiger partial charge in [-0.25, -0.2) is 15.0 Å². The molecule has 11 nitrogen and oxygen atoms in total. The van der Waals surface area contributed by atoms with Crippen LogP contribution in [0.2, 0.25) is 5.02 Å². The number of alkyl halides is 3. The molecule has 1 saturated heterocycles. The molecule has 0 bridgehead atoms. The second kappa shape index (κ2) is 12.0. The van der Waals surface area contributed by atoms with Gasteiger partial charge in [0, 0.05) is 43.2 Å². The van der Waals surface area contributed by atoms with Crippen molar-refractivity contribution in [2.24, 2.45) is 5.16 Å². The van der Waals surface area contributed by atoms with E-state index in [0.717, 1.165) is 23.7 Å². The minimum absolute atomic E-state index is 0.0645. The number of ether oxygens (including phenoxy) is 1. The molecule has 2 aromatic heterocycles. The van der Waals surface area contributed by atoms with Crippen LogP contribution in [-0.2, 0) is 25.9 Å². The van der Waals surface area contributed by atoms with Crippen LogP contribution in [0.3, 0.4) is 0 Å². The molecule has 2 aliphatic rings. The summed E-state index contributed by atoms with van der Waals surface area (Å²) in [6, 6.07) is 4.67. The molecule has 17 heteroatoms. The standard InChI is InChI=1S/C25H23ClF3N5O6S2/c1-42(36,37)40-18-4-2-3-15(26)21(18)19-11-16(33-39-19)17-13-41-24(32-17)14-5-9-34(10-6-14)20(35)12-38-23-22(25(27,28)29)30-7-8-31-23/h2-4,7-8,13-14,19H,5-6,9-12H2,1H3. The molecule has 2 aliphatic heterocycles. The number of rotatable bonds is 8. The fourth-order valence-electron chi connectivity index (χ4n) is 4.58. The molecule has 42 heavy (non-hydrogen) atoms. The zero-order valence-corrected chi connectivity index (χ0v) is 24.3. The van der Waals surface area contributed by atoms with Gasteiger partial charge in [-0.1, -0.05) is 22.8 Å². The zero-order valence-electron chi connectivity index (χ0n) is 21.9. The van der Waals surface area contributed by atoms with Gasteiger partial charge in [-0.3, -0.25) is 4.79 Å². The lowest BCUT2D eigenvalue weighted by atomic mass is 9.97. The smallest absolute Gasteiger partial charge is 0.438 e. The topological polar surface area (TPSA) is 133 Å². The van der Waals surface area contributed by atoms with E-state index in [-0.39, 0.29) is 16.7 Å². The van der Waals surface area contributed by atoms with Crippen LogP contribution in [0, 0.1) is 0 Å². The SMILES string of the molecule is CS(=O)(=O)Oc1cccc(Cl)c1C1CC(c2csc(C3CCN(C(=O)COc4nccnc4C(F)(F)F)CC3)n2)=NO1. The quantitative estimate of drug-likeness (QED) is 0.323. The summed E-state index contributed by atoms with van der Waals surface area (Å²) in [5.74, 6) is -1.05. The first-order chi connectivity index (χ1) is 19.9. The number of hydrogen-bond acceptors (Lipinski definition) is 11. The summed E-state index contributed by atoms with van der Waals surface area (Å²) >= 11 is 7.79. The molecule has 0 aliphatic carbocycles. The number of carbonyl (C=O) groups excluding carboxylic acids is 1. The number of aromatic nitrogens is 3. The third kappa shape index (κ3) is 6.93. The van der Waals surface area contributed by atoms with Gasteiger partial charge in [0.05, 0.1) is 27.5 Å². The summed E-state index contributed by atoms with van der Waals surface area (Å²) in [7, 11) is -3.79. The molecule has 224 valence electrons. The monoisotopic (exact) mass is 645 g/mol. The lowest BCUT2D eigenvalue weighted by Crippen LogP contribution is -2.40. The molecule has 0 saturated carbocycles. The van der Waals surface area contributed by atoms with Crippen LogP contribution < -0.4 is 8.92 Å². The molecule has 1 atom stereocenters. The van der Waals surface area contributed by atoms with Crippen molar-refractivity contribution in [1.29, 1.82) is 0 Å². The van der Waals surface area contributed by atoms with E-state index >= 15 is 0 Å². The second-order valence-electron chi connectivity index (χ2n) is 9.50. The number of carbonyl (C=O) groups is 1. The number of hydrogen-bond donors (Lipinski definition) is 0. The first-order valence-corrected chi connectivity index (χ1v) is 15.6. The van der Waals surface area contributed by atoms with Crippen molar-refractivity contribution in [3.63, 3.8) is 0 Å². The maximum Gasteiger partial charge on any atom is 0.438 e. The Morgan fingerprint density at radius 1 is 1.21 bits per heavy atom. The lowest BCUT2D eigenvalue weighted by molar-refractivity contribution is -0.144. The maximum atomic E-state index is 13.1. The highest BCUT2D eigenvalue weighted by molar-refractivity contribution is 7.86. The van der Waals surface area contributed by atoms with E-state index in [1.165, 1.54) is 22.3 Å².